The maximum Gasteiger partial charge on any atom is 0.329 e. The average molecular weight is 898 g/mol. The lowest BCUT2D eigenvalue weighted by Gasteiger charge is -2.50. The van der Waals surface area contributed by atoms with Crippen molar-refractivity contribution in [3.8, 4) is 0 Å². The van der Waals surface area contributed by atoms with Gasteiger partial charge in [0.15, 0.2) is 5.78 Å². The van der Waals surface area contributed by atoms with E-state index >= 15 is 0 Å². The van der Waals surface area contributed by atoms with Gasteiger partial charge in [0.25, 0.3) is 11.7 Å². The lowest BCUT2D eigenvalue weighted by Crippen LogP contribution is -2.65. The minimum atomic E-state index is -2.43. The SMILES string of the molecule is CO[C@H]1C[C@@H]2CC[C@@H](C)[C@@](O)(O2)C(=O)C(=O)N2CCCC3[C@H](C[C@@H]4CC[C@@H](O)[C@H](OC)C4)C(CC(=O)[C@H](C)/C=C(\C)[C@@H](O)[C@H](OC)C(=O)[C@H](C)CC(C)/C=C/C=C/C=C1C)OC(=O)[C@H]32. The van der Waals surface area contributed by atoms with Gasteiger partial charge in [-0.3, -0.25) is 19.2 Å². The summed E-state index contributed by atoms with van der Waals surface area (Å²) in [6.45, 7) is 10.9. The highest BCUT2D eigenvalue weighted by Gasteiger charge is 2.57. The number of nitrogens with zero attached hydrogens (tertiary/aromatic N) is 1. The second-order valence-electron chi connectivity index (χ2n) is 19.5. The maximum absolute atomic E-state index is 14.4. The second kappa shape index (κ2) is 22.9. The molecule has 1 amide bonds. The van der Waals surface area contributed by atoms with E-state index in [9.17, 15) is 39.3 Å². The van der Waals surface area contributed by atoms with Crippen LogP contribution in [0.3, 0.4) is 0 Å². The average Bonchev–Trinajstić information content (AvgIpc) is 3.27. The van der Waals surface area contributed by atoms with Crippen molar-refractivity contribution >= 4 is 29.2 Å². The number of ether oxygens (including phenoxy) is 5. The largest absolute Gasteiger partial charge is 0.460 e. The molecule has 64 heavy (non-hydrogen) atoms. The van der Waals surface area contributed by atoms with Crippen molar-refractivity contribution in [2.45, 2.75) is 167 Å². The molecule has 3 N–H and O–H groups in total. The van der Waals surface area contributed by atoms with Crippen LogP contribution in [-0.4, -0.2) is 132 Å². The number of aliphatic hydroxyl groups is 3. The van der Waals surface area contributed by atoms with E-state index < -0.39 is 95.7 Å². The zero-order valence-corrected chi connectivity index (χ0v) is 39.5. The molecule has 3 unspecified atom stereocenters. The number of ketones is 3. The molecule has 5 rings (SSSR count). The van der Waals surface area contributed by atoms with Gasteiger partial charge in [-0.05, 0) is 101 Å². The molecule has 0 aromatic carbocycles. The van der Waals surface area contributed by atoms with Crippen LogP contribution in [0, 0.1) is 41.4 Å². The van der Waals surface area contributed by atoms with Gasteiger partial charge in [-0.2, -0.15) is 0 Å². The van der Waals surface area contributed by atoms with Gasteiger partial charge >= 0.3 is 5.97 Å². The Bertz CT molecular complexity index is 1790. The number of allylic oxidation sites excluding steroid dienone is 6. The first-order valence-corrected chi connectivity index (χ1v) is 23.5. The number of fused-ring (bicyclic) bond motifs is 4. The normalized spacial score (nSPS) is 42.3. The molecule has 0 spiro atoms. The molecule has 14 heteroatoms. The summed E-state index contributed by atoms with van der Waals surface area (Å²) >= 11 is 0. The van der Waals surface area contributed by atoms with Crippen LogP contribution in [0.1, 0.15) is 112 Å². The smallest absolute Gasteiger partial charge is 0.329 e. The minimum Gasteiger partial charge on any atom is -0.460 e. The summed E-state index contributed by atoms with van der Waals surface area (Å²) in [6.07, 6.45) is 10.8. The van der Waals surface area contributed by atoms with Crippen LogP contribution >= 0.6 is 0 Å². The van der Waals surface area contributed by atoms with Crippen molar-refractivity contribution in [3.05, 3.63) is 47.6 Å². The summed E-state index contributed by atoms with van der Waals surface area (Å²) in [7, 11) is 4.52. The summed E-state index contributed by atoms with van der Waals surface area (Å²) in [5.41, 5.74) is 1.28. The zero-order chi connectivity index (χ0) is 47.0. The second-order valence-corrected chi connectivity index (χ2v) is 19.5. The van der Waals surface area contributed by atoms with Crippen molar-refractivity contribution < 1.29 is 63.0 Å². The monoisotopic (exact) mass is 898 g/mol. The number of methoxy groups -OCH3 is 3. The van der Waals surface area contributed by atoms with Crippen LogP contribution in [0.5, 0.6) is 0 Å². The highest BCUT2D eigenvalue weighted by atomic mass is 16.6. The molecule has 0 aromatic rings. The Kier molecular flexibility index (Phi) is 18.5. The van der Waals surface area contributed by atoms with E-state index in [0.717, 1.165) is 5.57 Å². The Balaban J connectivity index is 1.51. The van der Waals surface area contributed by atoms with Gasteiger partial charge < -0.3 is 43.9 Å². The first-order valence-electron chi connectivity index (χ1n) is 23.5. The van der Waals surface area contributed by atoms with Crippen LogP contribution in [0.2, 0.25) is 0 Å². The van der Waals surface area contributed by atoms with Gasteiger partial charge in [-0.1, -0.05) is 64.2 Å². The number of Topliss-reactive ketones (excluding diaryl/α,β-unsaturated/α-hetero) is 3. The van der Waals surface area contributed by atoms with Crippen LogP contribution in [0.15, 0.2) is 47.6 Å². The van der Waals surface area contributed by atoms with E-state index in [2.05, 4.69) is 0 Å². The Morgan fingerprint density at radius 2 is 1.58 bits per heavy atom. The van der Waals surface area contributed by atoms with E-state index in [0.29, 0.717) is 69.8 Å². The third kappa shape index (κ3) is 12.0. The molecule has 4 aliphatic heterocycles. The lowest BCUT2D eigenvalue weighted by atomic mass is 9.68. The summed E-state index contributed by atoms with van der Waals surface area (Å²) < 4.78 is 29.4. The molecule has 358 valence electrons. The molecule has 0 radical (unpaired) electrons. The molecule has 3 saturated heterocycles. The molecule has 5 aliphatic rings. The van der Waals surface area contributed by atoms with Crippen LogP contribution < -0.4 is 0 Å². The number of aliphatic hydroxyl groups excluding tert-OH is 2. The fourth-order valence-corrected chi connectivity index (χ4v) is 10.9. The Labute approximate surface area is 379 Å². The molecule has 4 heterocycles. The first kappa shape index (κ1) is 51.6. The zero-order valence-electron chi connectivity index (χ0n) is 39.5. The van der Waals surface area contributed by atoms with E-state index in [4.69, 9.17) is 23.7 Å². The van der Waals surface area contributed by atoms with Crippen molar-refractivity contribution in [2.24, 2.45) is 41.4 Å². The molecule has 1 aliphatic carbocycles. The highest BCUT2D eigenvalue weighted by molar-refractivity contribution is 6.39. The Morgan fingerprint density at radius 1 is 0.844 bits per heavy atom. The molecular weight excluding hydrogens is 823 g/mol. The maximum atomic E-state index is 14.4. The number of hydrogen-bond acceptors (Lipinski definition) is 13. The molecular formula is C50H75NO13. The van der Waals surface area contributed by atoms with Crippen LogP contribution in [0.4, 0.5) is 0 Å². The van der Waals surface area contributed by atoms with Crippen molar-refractivity contribution in [1.82, 2.24) is 4.90 Å². The molecule has 1 saturated carbocycles. The van der Waals surface area contributed by atoms with Gasteiger partial charge in [0, 0.05) is 64.4 Å². The third-order valence-electron chi connectivity index (χ3n) is 14.9. The number of amides is 1. The molecule has 16 atom stereocenters. The fourth-order valence-electron chi connectivity index (χ4n) is 10.9. The van der Waals surface area contributed by atoms with Crippen LogP contribution in [0.25, 0.3) is 0 Å². The van der Waals surface area contributed by atoms with E-state index in [1.807, 2.05) is 51.2 Å². The summed E-state index contributed by atoms with van der Waals surface area (Å²) in [5, 5.41) is 34.1. The van der Waals surface area contributed by atoms with Crippen molar-refractivity contribution in [1.29, 1.82) is 0 Å². The van der Waals surface area contributed by atoms with Gasteiger partial charge in [-0.15, -0.1) is 0 Å². The number of carbonyl (C=O) groups excluding carboxylic acids is 5. The predicted molar refractivity (Wildman–Crippen MR) is 238 cm³/mol. The number of esters is 1. The van der Waals surface area contributed by atoms with Crippen LogP contribution in [-0.2, 0) is 47.7 Å². The topological polar surface area (TPSA) is 195 Å². The predicted octanol–water partition coefficient (Wildman–Crippen LogP) is 5.40. The summed E-state index contributed by atoms with van der Waals surface area (Å²) in [4.78, 5) is 72.0. The first-order chi connectivity index (χ1) is 30.3. The number of hydrogen-bond donors (Lipinski definition) is 3. The fraction of sp³-hybridized carbons (Fsp3) is 0.740. The highest BCUT2D eigenvalue weighted by Crippen LogP contribution is 2.45. The summed E-state index contributed by atoms with van der Waals surface area (Å²) in [5.74, 6) is -8.43. The Hall–Kier alpha value is -3.37. The summed E-state index contributed by atoms with van der Waals surface area (Å²) in [6, 6.07) is -1.12. The third-order valence-corrected chi connectivity index (χ3v) is 14.9. The molecule has 4 fully saturated rings. The quantitative estimate of drug-likeness (QED) is 0.181. The van der Waals surface area contributed by atoms with Gasteiger partial charge in [0.2, 0.25) is 5.79 Å². The minimum absolute atomic E-state index is 0.0231. The number of piperidine rings is 1. The molecule has 4 bridgehead atoms. The molecule has 14 nitrogen and oxygen atoms in total. The van der Waals surface area contributed by atoms with Gasteiger partial charge in [0.05, 0.1) is 24.4 Å². The van der Waals surface area contributed by atoms with E-state index in [1.54, 1.807) is 41.1 Å². The lowest BCUT2D eigenvalue weighted by molar-refractivity contribution is -0.266. The Morgan fingerprint density at radius 3 is 2.27 bits per heavy atom. The van der Waals surface area contributed by atoms with E-state index in [1.165, 1.54) is 12.0 Å². The van der Waals surface area contributed by atoms with Crippen molar-refractivity contribution in [3.63, 3.8) is 0 Å². The van der Waals surface area contributed by atoms with Gasteiger partial charge in [0.1, 0.15) is 30.1 Å². The standard InChI is InChI=1S/C50H75NO13/c1-28-14-11-10-12-15-29(2)40(60-7)26-35-19-17-33(6)50(59,64-35)47(56)48(57)51-21-13-16-36-37(24-34-18-20-38(52)42(25-34)61-8)41(63-49(58)43(36)51)27-39(53)30(3)23-32(5)45(55)46(62-9)44(54)31(4)22-28/h10-12,14-15,23,28,30-31,33-38,40-43,45-46,52,55,59H,13,16-22,24-27H2,1-9H3/b12-10+,14-11+,29-15?,32-23+/t28?,30-,31-,33-,34+,35+,36?,37+,38-,40+,41?,42-,43+,45-,46-,50-/m1/s1. The number of carbonyl (C=O) groups is 5. The number of rotatable bonds is 5. The van der Waals surface area contributed by atoms with E-state index in [-0.39, 0.29) is 42.5 Å². The van der Waals surface area contributed by atoms with Gasteiger partial charge in [-0.25, -0.2) is 4.79 Å². The van der Waals surface area contributed by atoms with Crippen molar-refractivity contribution in [2.75, 3.05) is 27.9 Å². The molecule has 0 aromatic heterocycles.